The molecule has 8 heteroatoms. The summed E-state index contributed by atoms with van der Waals surface area (Å²) in [4.78, 5) is 24.7. The summed E-state index contributed by atoms with van der Waals surface area (Å²) >= 11 is 0. The Morgan fingerprint density at radius 1 is 1.07 bits per heavy atom. The highest BCUT2D eigenvalue weighted by Gasteiger charge is 2.40. The number of carbonyl (C=O) groups excluding carboxylic acids is 2. The Morgan fingerprint density at radius 3 is 2.43 bits per heavy atom. The highest BCUT2D eigenvalue weighted by Crippen LogP contribution is 2.41. The number of rotatable bonds is 6. The van der Waals surface area contributed by atoms with E-state index in [1.807, 2.05) is 6.07 Å². The van der Waals surface area contributed by atoms with Crippen LogP contribution in [0.4, 0.5) is 13.2 Å². The van der Waals surface area contributed by atoms with Crippen molar-refractivity contribution in [2.45, 2.75) is 25.4 Å². The van der Waals surface area contributed by atoms with E-state index in [0.717, 1.165) is 6.07 Å². The van der Waals surface area contributed by atoms with Gasteiger partial charge in [0.05, 0.1) is 11.1 Å². The zero-order chi connectivity index (χ0) is 21.7. The van der Waals surface area contributed by atoms with Gasteiger partial charge in [-0.15, -0.1) is 0 Å². The molecule has 0 radical (unpaired) electrons. The third kappa shape index (κ3) is 5.00. The molecule has 1 aliphatic rings. The van der Waals surface area contributed by atoms with E-state index in [2.05, 4.69) is 5.32 Å². The maximum Gasteiger partial charge on any atom is 0.416 e. The van der Waals surface area contributed by atoms with Gasteiger partial charge in [0.15, 0.2) is 0 Å². The average molecular weight is 419 g/mol. The Hall–Kier alpha value is -3.29. The first-order valence-corrected chi connectivity index (χ1v) is 9.29. The molecule has 2 aromatic carbocycles. The molecular formula is C22H20F3NO4. The van der Waals surface area contributed by atoms with E-state index in [0.29, 0.717) is 5.75 Å². The van der Waals surface area contributed by atoms with Crippen molar-refractivity contribution in [3.8, 4) is 5.75 Å². The van der Waals surface area contributed by atoms with Crippen molar-refractivity contribution in [2.75, 3.05) is 13.2 Å². The minimum Gasteiger partial charge on any atom is -0.490 e. The highest BCUT2D eigenvalue weighted by molar-refractivity contribution is 5.96. The molecule has 1 heterocycles. The fraction of sp³-hybridized carbons (Fsp3) is 0.273. The largest absolute Gasteiger partial charge is 0.490 e. The summed E-state index contributed by atoms with van der Waals surface area (Å²) < 4.78 is 51.1. The number of carbonyl (C=O) groups is 2. The van der Waals surface area contributed by atoms with Crippen LogP contribution in [0.1, 0.15) is 30.4 Å². The van der Waals surface area contributed by atoms with Crippen LogP contribution in [0.15, 0.2) is 65.9 Å². The fourth-order valence-electron chi connectivity index (χ4n) is 3.38. The molecule has 0 saturated heterocycles. The van der Waals surface area contributed by atoms with Crippen molar-refractivity contribution in [3.05, 3.63) is 77.0 Å². The number of amides is 1. The van der Waals surface area contributed by atoms with E-state index < -0.39 is 29.5 Å². The van der Waals surface area contributed by atoms with E-state index in [1.165, 1.54) is 25.1 Å². The first-order chi connectivity index (χ1) is 14.3. The first-order valence-electron chi connectivity index (χ1n) is 9.29. The van der Waals surface area contributed by atoms with Crippen LogP contribution in [0, 0.1) is 0 Å². The zero-order valence-corrected chi connectivity index (χ0v) is 16.2. The zero-order valence-electron chi connectivity index (χ0n) is 16.2. The lowest BCUT2D eigenvalue weighted by Crippen LogP contribution is -2.35. The number of nitrogens with one attached hydrogen (secondary N) is 1. The molecule has 158 valence electrons. The summed E-state index contributed by atoms with van der Waals surface area (Å²) in [5.41, 5.74) is -0.824. The number of ether oxygens (including phenoxy) is 2. The van der Waals surface area contributed by atoms with Crippen LogP contribution in [0.3, 0.4) is 0 Å². The molecule has 0 spiro atoms. The molecule has 0 fully saturated rings. The number of esters is 1. The topological polar surface area (TPSA) is 64.6 Å². The summed E-state index contributed by atoms with van der Waals surface area (Å²) in [6.07, 6.45) is -4.90. The van der Waals surface area contributed by atoms with E-state index >= 15 is 0 Å². The summed E-state index contributed by atoms with van der Waals surface area (Å²) in [7, 11) is 0. The molecule has 0 aliphatic carbocycles. The minimum atomic E-state index is -4.61. The van der Waals surface area contributed by atoms with Gasteiger partial charge in [-0.3, -0.25) is 4.79 Å². The van der Waals surface area contributed by atoms with Gasteiger partial charge in [-0.25, -0.2) is 4.79 Å². The van der Waals surface area contributed by atoms with Crippen molar-refractivity contribution in [1.82, 2.24) is 5.32 Å². The third-order valence-electron chi connectivity index (χ3n) is 4.66. The number of alkyl halides is 3. The second-order valence-corrected chi connectivity index (χ2v) is 6.73. The Balaban J connectivity index is 1.78. The van der Waals surface area contributed by atoms with Gasteiger partial charge >= 0.3 is 12.1 Å². The molecule has 3 rings (SSSR count). The lowest BCUT2D eigenvalue weighted by Gasteiger charge is -2.28. The van der Waals surface area contributed by atoms with Crippen LogP contribution in [0.5, 0.6) is 5.75 Å². The molecule has 0 saturated carbocycles. The summed E-state index contributed by atoms with van der Waals surface area (Å²) in [5.74, 6) is -1.70. The molecule has 1 amide bonds. The number of benzene rings is 2. The Morgan fingerprint density at radius 2 is 1.73 bits per heavy atom. The predicted molar refractivity (Wildman–Crippen MR) is 103 cm³/mol. The van der Waals surface area contributed by atoms with E-state index in [9.17, 15) is 22.8 Å². The van der Waals surface area contributed by atoms with Crippen molar-refractivity contribution in [2.24, 2.45) is 0 Å². The highest BCUT2D eigenvalue weighted by atomic mass is 19.4. The second kappa shape index (κ2) is 9.02. The van der Waals surface area contributed by atoms with Gasteiger partial charge in [-0.2, -0.15) is 13.2 Å². The van der Waals surface area contributed by atoms with Crippen molar-refractivity contribution >= 4 is 11.9 Å². The molecule has 5 nitrogen and oxygen atoms in total. The lowest BCUT2D eigenvalue weighted by atomic mass is 9.82. The number of para-hydroxylation sites is 1. The number of hydrogen-bond acceptors (Lipinski definition) is 4. The minimum absolute atomic E-state index is 0.00557. The van der Waals surface area contributed by atoms with Crippen LogP contribution >= 0.6 is 0 Å². The second-order valence-electron chi connectivity index (χ2n) is 6.73. The molecule has 1 N–H and O–H groups in total. The standard InChI is InChI=1S/C22H20F3NO4/c1-14-20(21(28)30-12-11-29-15-7-3-2-4-8-15)17(13-19(27)26-14)16-9-5-6-10-18(16)22(23,24)25/h2-10,17H,11-13H2,1H3,(H,26,27)/t17-/m1/s1. The smallest absolute Gasteiger partial charge is 0.416 e. The van der Waals surface area contributed by atoms with Gasteiger partial charge in [-0.1, -0.05) is 36.4 Å². The van der Waals surface area contributed by atoms with E-state index in [1.54, 1.807) is 24.3 Å². The molecule has 2 aromatic rings. The Labute approximate surface area is 171 Å². The normalized spacial score (nSPS) is 16.8. The van der Waals surface area contributed by atoms with Crippen LogP contribution in [-0.4, -0.2) is 25.1 Å². The number of halogens is 3. The molecule has 1 aliphatic heterocycles. The third-order valence-corrected chi connectivity index (χ3v) is 4.66. The fourth-order valence-corrected chi connectivity index (χ4v) is 3.38. The monoisotopic (exact) mass is 419 g/mol. The van der Waals surface area contributed by atoms with Gasteiger partial charge in [-0.05, 0) is 30.7 Å². The number of allylic oxidation sites excluding steroid dienone is 1. The predicted octanol–water partition coefficient (Wildman–Crippen LogP) is 4.21. The molecule has 0 bridgehead atoms. The molecular weight excluding hydrogens is 399 g/mol. The number of hydrogen-bond donors (Lipinski definition) is 1. The molecule has 30 heavy (non-hydrogen) atoms. The van der Waals surface area contributed by atoms with Gasteiger partial charge < -0.3 is 14.8 Å². The quantitative estimate of drug-likeness (QED) is 0.563. The van der Waals surface area contributed by atoms with Gasteiger partial charge in [0.2, 0.25) is 5.91 Å². The Kier molecular flexibility index (Phi) is 6.44. The molecule has 0 unspecified atom stereocenters. The van der Waals surface area contributed by atoms with Crippen molar-refractivity contribution < 1.29 is 32.2 Å². The average Bonchev–Trinajstić information content (AvgIpc) is 2.70. The molecule has 0 aromatic heterocycles. The maximum atomic E-state index is 13.5. The van der Waals surface area contributed by atoms with Gasteiger partial charge in [0.1, 0.15) is 19.0 Å². The lowest BCUT2D eigenvalue weighted by molar-refractivity contribution is -0.142. The van der Waals surface area contributed by atoms with Crippen LogP contribution < -0.4 is 10.1 Å². The van der Waals surface area contributed by atoms with Crippen molar-refractivity contribution in [1.29, 1.82) is 0 Å². The van der Waals surface area contributed by atoms with Crippen LogP contribution in [0.25, 0.3) is 0 Å². The van der Waals surface area contributed by atoms with Gasteiger partial charge in [0, 0.05) is 18.0 Å². The summed E-state index contributed by atoms with van der Waals surface area (Å²) in [5, 5.41) is 2.51. The first kappa shape index (κ1) is 21.4. The molecule has 1 atom stereocenters. The summed E-state index contributed by atoms with van der Waals surface area (Å²) in [6, 6.07) is 13.8. The van der Waals surface area contributed by atoms with Crippen molar-refractivity contribution in [3.63, 3.8) is 0 Å². The Bertz CT molecular complexity index is 954. The van der Waals surface area contributed by atoms with Crippen LogP contribution in [0.2, 0.25) is 0 Å². The maximum absolute atomic E-state index is 13.5. The van der Waals surface area contributed by atoms with Gasteiger partial charge in [0.25, 0.3) is 0 Å². The van der Waals surface area contributed by atoms with E-state index in [4.69, 9.17) is 9.47 Å². The van der Waals surface area contributed by atoms with Crippen LogP contribution in [-0.2, 0) is 20.5 Å². The summed E-state index contributed by atoms with van der Waals surface area (Å²) in [6.45, 7) is 1.46. The van der Waals surface area contributed by atoms with E-state index in [-0.39, 0.29) is 36.5 Å². The SMILES string of the molecule is CC1=C(C(=O)OCCOc2ccccc2)[C@@H](c2ccccc2C(F)(F)F)CC(=O)N1.